The molecule has 1 N–H and O–H groups in total. The largest absolute Gasteiger partial charge is 0.345 e. The van der Waals surface area contributed by atoms with Crippen LogP contribution in [0.4, 0.5) is 8.78 Å². The normalized spacial score (nSPS) is 18.0. The van der Waals surface area contributed by atoms with Crippen molar-refractivity contribution in [2.45, 2.75) is 18.8 Å². The number of amides is 1. The van der Waals surface area contributed by atoms with Gasteiger partial charge in [0.2, 0.25) is 0 Å². The minimum absolute atomic E-state index is 0.00799. The van der Waals surface area contributed by atoms with Crippen LogP contribution in [0.3, 0.4) is 0 Å². The summed E-state index contributed by atoms with van der Waals surface area (Å²) in [5.41, 5.74) is 0.275. The molecule has 0 bridgehead atoms. The highest BCUT2D eigenvalue weighted by atomic mass is 19.1. The Bertz CT molecular complexity index is 771. The molecule has 5 nitrogen and oxygen atoms in total. The predicted octanol–water partition coefficient (Wildman–Crippen LogP) is 2.07. The third-order valence-electron chi connectivity index (χ3n) is 3.96. The fourth-order valence-corrected chi connectivity index (χ4v) is 2.90. The number of hydrogen-bond acceptors (Lipinski definition) is 3. The van der Waals surface area contributed by atoms with E-state index in [1.54, 1.807) is 11.0 Å². The van der Waals surface area contributed by atoms with Gasteiger partial charge in [-0.2, -0.15) is 0 Å². The summed E-state index contributed by atoms with van der Waals surface area (Å²) in [6.07, 6.45) is 3.00. The molecule has 2 heterocycles. The van der Waals surface area contributed by atoms with E-state index in [4.69, 9.17) is 0 Å². The molecule has 1 atom stereocenters. The molecular formula is C16H15F2N3O2. The Labute approximate surface area is 131 Å². The van der Waals surface area contributed by atoms with Gasteiger partial charge >= 0.3 is 5.69 Å². The van der Waals surface area contributed by atoms with Crippen LogP contribution in [0.2, 0.25) is 0 Å². The lowest BCUT2D eigenvalue weighted by Gasteiger charge is -2.32. The van der Waals surface area contributed by atoms with Crippen molar-refractivity contribution in [3.8, 4) is 0 Å². The topological polar surface area (TPSA) is 66.1 Å². The van der Waals surface area contributed by atoms with Crippen LogP contribution in [0, 0.1) is 11.6 Å². The molecule has 1 amide bonds. The predicted molar refractivity (Wildman–Crippen MR) is 79.1 cm³/mol. The number of rotatable bonds is 2. The zero-order valence-corrected chi connectivity index (χ0v) is 12.3. The van der Waals surface area contributed by atoms with E-state index in [0.29, 0.717) is 18.8 Å². The number of piperidine rings is 1. The minimum atomic E-state index is -0.777. The van der Waals surface area contributed by atoms with Crippen molar-refractivity contribution in [2.24, 2.45) is 0 Å². The van der Waals surface area contributed by atoms with Crippen molar-refractivity contribution < 1.29 is 13.6 Å². The van der Waals surface area contributed by atoms with Gasteiger partial charge in [0.05, 0.1) is 0 Å². The van der Waals surface area contributed by atoms with E-state index in [-0.39, 0.29) is 11.5 Å². The van der Waals surface area contributed by atoms with Gasteiger partial charge in [-0.05, 0) is 31.0 Å². The molecule has 23 heavy (non-hydrogen) atoms. The maximum Gasteiger partial charge on any atom is 0.345 e. The van der Waals surface area contributed by atoms with Gasteiger partial charge in [-0.3, -0.25) is 4.79 Å². The molecule has 1 aliphatic heterocycles. The summed E-state index contributed by atoms with van der Waals surface area (Å²) in [5, 5.41) is 0. The number of hydrogen-bond donors (Lipinski definition) is 1. The number of carbonyl (C=O) groups excluding carboxylic acids is 1. The molecule has 0 radical (unpaired) electrons. The first-order valence-corrected chi connectivity index (χ1v) is 7.33. The highest BCUT2D eigenvalue weighted by Crippen LogP contribution is 2.26. The summed E-state index contributed by atoms with van der Waals surface area (Å²) in [6.45, 7) is 0.902. The Hall–Kier alpha value is -2.57. The lowest BCUT2D eigenvalue weighted by molar-refractivity contribution is 0.0704. The summed E-state index contributed by atoms with van der Waals surface area (Å²) in [5.74, 6) is -1.99. The highest BCUT2D eigenvalue weighted by molar-refractivity contribution is 5.94. The van der Waals surface area contributed by atoms with Crippen LogP contribution >= 0.6 is 0 Å². The monoisotopic (exact) mass is 319 g/mol. The van der Waals surface area contributed by atoms with E-state index in [0.717, 1.165) is 31.0 Å². The molecule has 0 aliphatic carbocycles. The standard InChI is InChI=1S/C16H15F2N3O2/c17-12-6-11(7-13(18)8-12)15(22)21-5-1-2-10(9-21)14-3-4-19-16(23)20-14/h3-4,6-8,10H,1-2,5,9H2,(H,19,20,23)/t10-/m0/s1. The van der Waals surface area contributed by atoms with Gasteiger partial charge in [0.15, 0.2) is 0 Å². The van der Waals surface area contributed by atoms with Crippen molar-refractivity contribution >= 4 is 5.91 Å². The zero-order chi connectivity index (χ0) is 16.4. The van der Waals surface area contributed by atoms with Crippen LogP contribution in [-0.4, -0.2) is 33.9 Å². The molecule has 120 valence electrons. The summed E-state index contributed by atoms with van der Waals surface area (Å²) in [6, 6.07) is 4.51. The molecule has 3 rings (SSSR count). The van der Waals surface area contributed by atoms with Crippen LogP contribution in [0.25, 0.3) is 0 Å². The Balaban J connectivity index is 1.80. The maximum atomic E-state index is 13.3. The van der Waals surface area contributed by atoms with Gasteiger partial charge in [-0.25, -0.2) is 18.6 Å². The second-order valence-corrected chi connectivity index (χ2v) is 5.58. The number of aromatic amines is 1. The van der Waals surface area contributed by atoms with Gasteiger partial charge in [0.25, 0.3) is 5.91 Å². The smallest absolute Gasteiger partial charge is 0.338 e. The molecule has 0 saturated carbocycles. The number of halogens is 2. The van der Waals surface area contributed by atoms with Crippen LogP contribution in [0.5, 0.6) is 0 Å². The van der Waals surface area contributed by atoms with E-state index in [1.165, 1.54) is 6.20 Å². The molecule has 1 saturated heterocycles. The van der Waals surface area contributed by atoms with Crippen molar-refractivity contribution in [3.05, 3.63) is 63.8 Å². The Kier molecular flexibility index (Phi) is 4.18. The first-order chi connectivity index (χ1) is 11.0. The fraction of sp³-hybridized carbons (Fsp3) is 0.312. The zero-order valence-electron chi connectivity index (χ0n) is 12.3. The number of aromatic nitrogens is 2. The van der Waals surface area contributed by atoms with E-state index in [9.17, 15) is 18.4 Å². The molecular weight excluding hydrogens is 304 g/mol. The number of likely N-dealkylation sites (tertiary alicyclic amines) is 1. The number of carbonyl (C=O) groups is 1. The van der Waals surface area contributed by atoms with E-state index < -0.39 is 23.2 Å². The fourth-order valence-electron chi connectivity index (χ4n) is 2.90. The SMILES string of the molecule is O=C(c1cc(F)cc(F)c1)N1CCC[C@H](c2ccnc(=O)[nH]2)C1. The molecule has 1 fully saturated rings. The van der Waals surface area contributed by atoms with E-state index >= 15 is 0 Å². The van der Waals surface area contributed by atoms with Crippen LogP contribution < -0.4 is 5.69 Å². The van der Waals surface area contributed by atoms with E-state index in [2.05, 4.69) is 9.97 Å². The Morgan fingerprint density at radius 1 is 1.26 bits per heavy atom. The van der Waals surface area contributed by atoms with Crippen molar-refractivity contribution in [1.82, 2.24) is 14.9 Å². The molecule has 0 unspecified atom stereocenters. The highest BCUT2D eigenvalue weighted by Gasteiger charge is 2.26. The molecule has 1 aromatic carbocycles. The lowest BCUT2D eigenvalue weighted by atomic mass is 9.94. The van der Waals surface area contributed by atoms with Gasteiger partial charge in [0.1, 0.15) is 11.6 Å². The van der Waals surface area contributed by atoms with E-state index in [1.807, 2.05) is 0 Å². The van der Waals surface area contributed by atoms with Gasteiger partial charge in [-0.15, -0.1) is 0 Å². The molecule has 7 heteroatoms. The van der Waals surface area contributed by atoms with Gasteiger partial charge in [-0.1, -0.05) is 0 Å². The van der Waals surface area contributed by atoms with Crippen LogP contribution in [0.1, 0.15) is 34.8 Å². The van der Waals surface area contributed by atoms with Crippen molar-refractivity contribution in [2.75, 3.05) is 13.1 Å². The minimum Gasteiger partial charge on any atom is -0.338 e. The third kappa shape index (κ3) is 3.44. The molecule has 0 spiro atoms. The lowest BCUT2D eigenvalue weighted by Crippen LogP contribution is -2.39. The third-order valence-corrected chi connectivity index (χ3v) is 3.96. The number of nitrogens with one attached hydrogen (secondary N) is 1. The van der Waals surface area contributed by atoms with Crippen molar-refractivity contribution in [3.63, 3.8) is 0 Å². The summed E-state index contributed by atoms with van der Waals surface area (Å²) in [4.78, 5) is 31.6. The van der Waals surface area contributed by atoms with Gasteiger partial charge < -0.3 is 9.88 Å². The number of benzene rings is 1. The first kappa shape index (κ1) is 15.3. The van der Waals surface area contributed by atoms with Crippen molar-refractivity contribution in [1.29, 1.82) is 0 Å². The molecule has 2 aromatic rings. The first-order valence-electron chi connectivity index (χ1n) is 7.33. The average molecular weight is 319 g/mol. The Morgan fingerprint density at radius 2 is 2.00 bits per heavy atom. The molecule has 1 aliphatic rings. The van der Waals surface area contributed by atoms with Gasteiger partial charge in [0, 0.05) is 42.5 Å². The maximum absolute atomic E-state index is 13.3. The summed E-state index contributed by atoms with van der Waals surface area (Å²) < 4.78 is 26.6. The number of H-pyrrole nitrogens is 1. The quantitative estimate of drug-likeness (QED) is 0.921. The summed E-state index contributed by atoms with van der Waals surface area (Å²) >= 11 is 0. The second kappa shape index (κ2) is 6.28. The Morgan fingerprint density at radius 3 is 2.70 bits per heavy atom. The summed E-state index contributed by atoms with van der Waals surface area (Å²) in [7, 11) is 0. The number of nitrogens with zero attached hydrogens (tertiary/aromatic N) is 2. The average Bonchev–Trinajstić information content (AvgIpc) is 2.53. The van der Waals surface area contributed by atoms with Crippen LogP contribution in [0.15, 0.2) is 35.3 Å². The van der Waals surface area contributed by atoms with Crippen LogP contribution in [-0.2, 0) is 0 Å². The molecule has 1 aromatic heterocycles. The second-order valence-electron chi connectivity index (χ2n) is 5.58.